The summed E-state index contributed by atoms with van der Waals surface area (Å²) in [4.78, 5) is 19.7. The molecule has 3 rings (SSSR count). The molecule has 2 aromatic rings. The Hall–Kier alpha value is -2.40. The maximum Gasteiger partial charge on any atom is 0.166 e. The van der Waals surface area contributed by atoms with Gasteiger partial charge in [-0.05, 0) is 68.0 Å². The molecule has 2 atom stereocenters. The number of pyridine rings is 1. The van der Waals surface area contributed by atoms with Crippen LogP contribution < -0.4 is 11.1 Å². The fourth-order valence-corrected chi connectivity index (χ4v) is 4.21. The van der Waals surface area contributed by atoms with Crippen LogP contribution in [-0.2, 0) is 0 Å². The summed E-state index contributed by atoms with van der Waals surface area (Å²) in [7, 11) is 0. The second kappa shape index (κ2) is 9.69. The van der Waals surface area contributed by atoms with Gasteiger partial charge in [-0.1, -0.05) is 19.9 Å². The standard InChI is InChI=1S/C23H32N4O/c1-17-13-18(2)16-27(15-17)12-4-3-10-22(28)21-9-6-11-25-23(21)26-20-8-5-7-19(24)14-20/h5-9,11,14,17-18H,3-4,10,12-13,15-16,24H2,1-2H3,(H,25,26). The number of Topliss-reactive ketones (excluding diaryl/α,β-unsaturated/α-hetero) is 1. The van der Waals surface area contributed by atoms with E-state index in [2.05, 4.69) is 29.0 Å². The number of hydrogen-bond donors (Lipinski definition) is 2. The first kappa shape index (κ1) is 20.3. The van der Waals surface area contributed by atoms with Crippen molar-refractivity contribution >= 4 is 23.0 Å². The van der Waals surface area contributed by atoms with Crippen molar-refractivity contribution < 1.29 is 4.79 Å². The van der Waals surface area contributed by atoms with Crippen molar-refractivity contribution in [3.8, 4) is 0 Å². The van der Waals surface area contributed by atoms with E-state index < -0.39 is 0 Å². The SMILES string of the molecule is CC1CC(C)CN(CCCCC(=O)c2cccnc2Nc2cccc(N)c2)C1. The lowest BCUT2D eigenvalue weighted by molar-refractivity contribution is 0.0974. The number of nitrogens with two attached hydrogens (primary N) is 1. The Balaban J connectivity index is 1.52. The van der Waals surface area contributed by atoms with Crippen molar-refractivity contribution in [2.24, 2.45) is 11.8 Å². The van der Waals surface area contributed by atoms with Gasteiger partial charge >= 0.3 is 0 Å². The second-order valence-corrected chi connectivity index (χ2v) is 8.24. The molecule has 1 saturated heterocycles. The molecule has 2 unspecified atom stereocenters. The highest BCUT2D eigenvalue weighted by atomic mass is 16.1. The minimum absolute atomic E-state index is 0.139. The molecule has 5 heteroatoms. The van der Waals surface area contributed by atoms with Crippen LogP contribution in [0.3, 0.4) is 0 Å². The molecule has 0 spiro atoms. The van der Waals surface area contributed by atoms with Crippen LogP contribution in [-0.4, -0.2) is 35.3 Å². The molecule has 0 bridgehead atoms. The fourth-order valence-electron chi connectivity index (χ4n) is 4.21. The Morgan fingerprint density at radius 2 is 1.96 bits per heavy atom. The zero-order chi connectivity index (χ0) is 19.9. The van der Waals surface area contributed by atoms with Crippen LogP contribution in [0.4, 0.5) is 17.2 Å². The molecule has 1 fully saturated rings. The van der Waals surface area contributed by atoms with E-state index >= 15 is 0 Å². The largest absolute Gasteiger partial charge is 0.399 e. The molecule has 1 aromatic heterocycles. The molecule has 1 aliphatic heterocycles. The number of likely N-dealkylation sites (tertiary alicyclic amines) is 1. The molecule has 0 aliphatic carbocycles. The van der Waals surface area contributed by atoms with E-state index in [1.807, 2.05) is 36.4 Å². The van der Waals surface area contributed by atoms with Crippen molar-refractivity contribution in [3.63, 3.8) is 0 Å². The molecule has 150 valence electrons. The molecule has 0 amide bonds. The number of aromatic nitrogens is 1. The number of piperidine rings is 1. The molecule has 0 saturated carbocycles. The van der Waals surface area contributed by atoms with Crippen molar-refractivity contribution in [1.82, 2.24) is 9.88 Å². The topological polar surface area (TPSA) is 71.2 Å². The van der Waals surface area contributed by atoms with Gasteiger partial charge in [-0.25, -0.2) is 4.98 Å². The van der Waals surface area contributed by atoms with Crippen LogP contribution in [0.1, 0.15) is 49.9 Å². The van der Waals surface area contributed by atoms with Gasteiger partial charge in [-0.2, -0.15) is 0 Å². The molecule has 2 heterocycles. The number of carbonyl (C=O) groups is 1. The highest BCUT2D eigenvalue weighted by molar-refractivity contribution is 6.00. The summed E-state index contributed by atoms with van der Waals surface area (Å²) in [5.41, 5.74) is 7.99. The van der Waals surface area contributed by atoms with Gasteiger partial charge in [-0.15, -0.1) is 0 Å². The zero-order valence-corrected chi connectivity index (χ0v) is 17.0. The highest BCUT2D eigenvalue weighted by Gasteiger charge is 2.21. The van der Waals surface area contributed by atoms with Crippen molar-refractivity contribution in [2.75, 3.05) is 30.7 Å². The Labute approximate surface area is 168 Å². The van der Waals surface area contributed by atoms with Crippen molar-refractivity contribution in [2.45, 2.75) is 39.5 Å². The Morgan fingerprint density at radius 1 is 1.18 bits per heavy atom. The summed E-state index contributed by atoms with van der Waals surface area (Å²) in [5, 5.41) is 3.23. The highest BCUT2D eigenvalue weighted by Crippen LogP contribution is 2.23. The molecule has 3 N–H and O–H groups in total. The molecule has 1 aliphatic rings. The van der Waals surface area contributed by atoms with E-state index in [9.17, 15) is 4.79 Å². The summed E-state index contributed by atoms with van der Waals surface area (Å²) in [6.45, 7) is 8.14. The molecular weight excluding hydrogens is 348 g/mol. The van der Waals surface area contributed by atoms with E-state index in [0.717, 1.165) is 36.9 Å². The number of hydrogen-bond acceptors (Lipinski definition) is 5. The molecule has 5 nitrogen and oxygen atoms in total. The van der Waals surface area contributed by atoms with Gasteiger partial charge in [0.2, 0.25) is 0 Å². The normalized spacial score (nSPS) is 20.1. The Kier molecular flexibility index (Phi) is 7.04. The third-order valence-electron chi connectivity index (χ3n) is 5.33. The van der Waals surface area contributed by atoms with Crippen LogP contribution in [0.15, 0.2) is 42.6 Å². The number of ketones is 1. The van der Waals surface area contributed by atoms with E-state index in [-0.39, 0.29) is 5.78 Å². The van der Waals surface area contributed by atoms with E-state index in [0.29, 0.717) is 23.5 Å². The lowest BCUT2D eigenvalue weighted by Crippen LogP contribution is -2.39. The number of rotatable bonds is 8. The van der Waals surface area contributed by atoms with E-state index in [4.69, 9.17) is 5.73 Å². The second-order valence-electron chi connectivity index (χ2n) is 8.24. The van der Waals surface area contributed by atoms with Gasteiger partial charge in [0, 0.05) is 37.1 Å². The van der Waals surface area contributed by atoms with Gasteiger partial charge in [0.25, 0.3) is 0 Å². The predicted octanol–water partition coefficient (Wildman–Crippen LogP) is 4.74. The predicted molar refractivity (Wildman–Crippen MR) is 116 cm³/mol. The number of anilines is 3. The van der Waals surface area contributed by atoms with Crippen molar-refractivity contribution in [1.29, 1.82) is 0 Å². The number of unbranched alkanes of at least 4 members (excludes halogenated alkanes) is 1. The van der Waals surface area contributed by atoms with Gasteiger partial charge < -0.3 is 16.0 Å². The molecular formula is C23H32N4O. The van der Waals surface area contributed by atoms with Crippen LogP contribution in [0, 0.1) is 11.8 Å². The molecule has 1 aromatic carbocycles. The van der Waals surface area contributed by atoms with E-state index in [1.165, 1.54) is 19.5 Å². The lowest BCUT2D eigenvalue weighted by atomic mass is 9.92. The maximum absolute atomic E-state index is 12.8. The first-order chi connectivity index (χ1) is 13.5. The lowest BCUT2D eigenvalue weighted by Gasteiger charge is -2.34. The minimum atomic E-state index is 0.139. The van der Waals surface area contributed by atoms with Gasteiger partial charge in [0.1, 0.15) is 5.82 Å². The summed E-state index contributed by atoms with van der Waals surface area (Å²) in [6, 6.07) is 11.1. The fraction of sp³-hybridized carbons (Fsp3) is 0.478. The third kappa shape index (κ3) is 5.80. The first-order valence-corrected chi connectivity index (χ1v) is 10.3. The number of nitrogens with one attached hydrogen (secondary N) is 1. The summed E-state index contributed by atoms with van der Waals surface area (Å²) >= 11 is 0. The Bertz CT molecular complexity index is 782. The number of benzene rings is 1. The van der Waals surface area contributed by atoms with Gasteiger partial charge in [-0.3, -0.25) is 4.79 Å². The van der Waals surface area contributed by atoms with Crippen LogP contribution in [0.5, 0.6) is 0 Å². The monoisotopic (exact) mass is 380 g/mol. The quantitative estimate of drug-likeness (QED) is 0.393. The van der Waals surface area contributed by atoms with E-state index in [1.54, 1.807) is 6.20 Å². The maximum atomic E-state index is 12.8. The van der Waals surface area contributed by atoms with Crippen LogP contribution >= 0.6 is 0 Å². The smallest absolute Gasteiger partial charge is 0.166 e. The van der Waals surface area contributed by atoms with Gasteiger partial charge in [0.05, 0.1) is 5.56 Å². The van der Waals surface area contributed by atoms with Crippen LogP contribution in [0.2, 0.25) is 0 Å². The number of carbonyl (C=O) groups excluding carboxylic acids is 1. The third-order valence-corrected chi connectivity index (χ3v) is 5.33. The number of nitrogen functional groups attached to an aromatic ring is 1. The number of nitrogens with zero attached hydrogens (tertiary/aromatic N) is 2. The molecule has 0 radical (unpaired) electrons. The Morgan fingerprint density at radius 3 is 2.71 bits per heavy atom. The minimum Gasteiger partial charge on any atom is -0.399 e. The summed E-state index contributed by atoms with van der Waals surface area (Å²) < 4.78 is 0. The van der Waals surface area contributed by atoms with Crippen LogP contribution in [0.25, 0.3) is 0 Å². The summed E-state index contributed by atoms with van der Waals surface area (Å²) in [6.07, 6.45) is 5.55. The average Bonchev–Trinajstić information content (AvgIpc) is 2.65. The average molecular weight is 381 g/mol. The van der Waals surface area contributed by atoms with Crippen molar-refractivity contribution in [3.05, 3.63) is 48.2 Å². The van der Waals surface area contributed by atoms with Gasteiger partial charge in [0.15, 0.2) is 5.78 Å². The first-order valence-electron chi connectivity index (χ1n) is 10.3. The molecule has 28 heavy (non-hydrogen) atoms. The summed E-state index contributed by atoms with van der Waals surface area (Å²) in [5.74, 6) is 2.29. The zero-order valence-electron chi connectivity index (χ0n) is 17.0.